The molecule has 1 saturated carbocycles. The zero-order valence-electron chi connectivity index (χ0n) is 21.1. The SMILES string of the molecule is CNC1C(O)C(OC2C(NC=O)CC(N)C(C3OC(CN)=CCC3NCCCN)C2O)OCC1(C)O. The van der Waals surface area contributed by atoms with E-state index < -0.39 is 60.4 Å². The monoisotopic (exact) mass is 516 g/mol. The van der Waals surface area contributed by atoms with Gasteiger partial charge in [0.15, 0.2) is 6.29 Å². The summed E-state index contributed by atoms with van der Waals surface area (Å²) in [5, 5.41) is 42.0. The minimum absolute atomic E-state index is 0.0959. The van der Waals surface area contributed by atoms with Crippen molar-refractivity contribution < 1.29 is 34.3 Å². The van der Waals surface area contributed by atoms with Crippen LogP contribution in [0.2, 0.25) is 0 Å². The van der Waals surface area contributed by atoms with Crippen LogP contribution in [0.1, 0.15) is 26.2 Å². The highest BCUT2D eigenvalue weighted by molar-refractivity contribution is 5.47. The van der Waals surface area contributed by atoms with E-state index in [4.69, 9.17) is 31.4 Å². The van der Waals surface area contributed by atoms with Gasteiger partial charge in [0.25, 0.3) is 0 Å². The summed E-state index contributed by atoms with van der Waals surface area (Å²) in [6.45, 7) is 2.89. The topological polar surface area (TPSA) is 220 Å². The molecule has 0 aromatic heterocycles. The Morgan fingerprint density at radius 2 is 2.03 bits per heavy atom. The van der Waals surface area contributed by atoms with Crippen LogP contribution in [0.15, 0.2) is 11.8 Å². The molecule has 0 radical (unpaired) electrons. The Morgan fingerprint density at radius 3 is 2.67 bits per heavy atom. The molecule has 3 aliphatic rings. The molecule has 3 rings (SSSR count). The third-order valence-electron chi connectivity index (χ3n) is 7.51. The van der Waals surface area contributed by atoms with Gasteiger partial charge in [-0.25, -0.2) is 0 Å². The predicted octanol–water partition coefficient (Wildman–Crippen LogP) is -3.81. The fourth-order valence-corrected chi connectivity index (χ4v) is 5.64. The minimum atomic E-state index is -1.33. The highest BCUT2D eigenvalue weighted by Crippen LogP contribution is 2.36. The molecule has 0 bridgehead atoms. The first kappa shape index (κ1) is 29.2. The third kappa shape index (κ3) is 6.35. The average Bonchev–Trinajstić information content (AvgIpc) is 2.83. The first-order chi connectivity index (χ1) is 17.2. The lowest BCUT2D eigenvalue weighted by Crippen LogP contribution is -2.69. The molecule has 2 aliphatic heterocycles. The van der Waals surface area contributed by atoms with Crippen LogP contribution in [0.5, 0.6) is 0 Å². The van der Waals surface area contributed by atoms with Crippen molar-refractivity contribution in [2.45, 2.75) is 86.7 Å². The Balaban J connectivity index is 1.84. The predicted molar refractivity (Wildman–Crippen MR) is 131 cm³/mol. The van der Waals surface area contributed by atoms with E-state index in [0.29, 0.717) is 38.1 Å². The average molecular weight is 517 g/mol. The Bertz CT molecular complexity index is 744. The second-order valence-electron chi connectivity index (χ2n) is 10.1. The van der Waals surface area contributed by atoms with Gasteiger partial charge in [-0.3, -0.25) is 4.79 Å². The maximum Gasteiger partial charge on any atom is 0.207 e. The van der Waals surface area contributed by atoms with Crippen molar-refractivity contribution in [1.82, 2.24) is 16.0 Å². The number of rotatable bonds is 11. The van der Waals surface area contributed by atoms with E-state index in [0.717, 1.165) is 6.42 Å². The van der Waals surface area contributed by atoms with Gasteiger partial charge in [0.1, 0.15) is 29.7 Å². The fraction of sp³-hybridized carbons (Fsp3) is 0.870. The molecule has 0 aromatic carbocycles. The molecule has 13 heteroatoms. The van der Waals surface area contributed by atoms with Crippen molar-refractivity contribution in [1.29, 1.82) is 0 Å². The summed E-state index contributed by atoms with van der Waals surface area (Å²) in [5.41, 5.74) is 16.7. The number of carbonyl (C=O) groups is 1. The maximum atomic E-state index is 11.6. The van der Waals surface area contributed by atoms with Gasteiger partial charge >= 0.3 is 0 Å². The molecular weight excluding hydrogens is 472 g/mol. The van der Waals surface area contributed by atoms with E-state index in [2.05, 4.69) is 16.0 Å². The summed E-state index contributed by atoms with van der Waals surface area (Å²) in [6, 6.07) is -2.04. The van der Waals surface area contributed by atoms with E-state index in [-0.39, 0.29) is 19.2 Å². The first-order valence-corrected chi connectivity index (χ1v) is 12.7. The third-order valence-corrected chi connectivity index (χ3v) is 7.51. The van der Waals surface area contributed by atoms with Crippen LogP contribution in [-0.2, 0) is 19.0 Å². The molecule has 13 nitrogen and oxygen atoms in total. The van der Waals surface area contributed by atoms with Gasteiger partial charge in [-0.15, -0.1) is 0 Å². The van der Waals surface area contributed by atoms with Crippen LogP contribution in [-0.4, -0.2) is 115 Å². The molecule has 208 valence electrons. The molecule has 12 N–H and O–H groups in total. The number of carbonyl (C=O) groups excluding carboxylic acids is 1. The number of hydrogen-bond donors (Lipinski definition) is 9. The molecule has 0 spiro atoms. The van der Waals surface area contributed by atoms with Crippen molar-refractivity contribution in [3.8, 4) is 0 Å². The van der Waals surface area contributed by atoms with Crippen LogP contribution < -0.4 is 33.2 Å². The summed E-state index contributed by atoms with van der Waals surface area (Å²) in [5.74, 6) is 0.0429. The minimum Gasteiger partial charge on any atom is -0.492 e. The second-order valence-corrected chi connectivity index (χ2v) is 10.1. The Hall–Kier alpha value is -1.39. The summed E-state index contributed by atoms with van der Waals surface area (Å²) in [4.78, 5) is 11.4. The van der Waals surface area contributed by atoms with Crippen LogP contribution in [0, 0.1) is 5.92 Å². The van der Waals surface area contributed by atoms with Gasteiger partial charge in [0.2, 0.25) is 6.41 Å². The molecule has 1 saturated heterocycles. The normalized spacial score (nSPS) is 43.4. The highest BCUT2D eigenvalue weighted by Gasteiger charge is 2.53. The lowest BCUT2D eigenvalue weighted by atomic mass is 9.72. The smallest absolute Gasteiger partial charge is 0.207 e. The number of nitrogens with one attached hydrogen (secondary N) is 3. The van der Waals surface area contributed by atoms with E-state index in [9.17, 15) is 20.1 Å². The number of hydrogen-bond acceptors (Lipinski definition) is 12. The van der Waals surface area contributed by atoms with Gasteiger partial charge in [-0.05, 0) is 52.4 Å². The van der Waals surface area contributed by atoms with Crippen LogP contribution in [0.3, 0.4) is 0 Å². The molecule has 11 unspecified atom stereocenters. The van der Waals surface area contributed by atoms with E-state index in [1.807, 2.05) is 6.08 Å². The second kappa shape index (κ2) is 12.9. The van der Waals surface area contributed by atoms with E-state index in [1.54, 1.807) is 14.0 Å². The number of amides is 1. The molecule has 1 aliphatic carbocycles. The summed E-state index contributed by atoms with van der Waals surface area (Å²) >= 11 is 0. The lowest BCUT2D eigenvalue weighted by Gasteiger charge is -2.50. The van der Waals surface area contributed by atoms with Crippen molar-refractivity contribution in [3.63, 3.8) is 0 Å². The van der Waals surface area contributed by atoms with Gasteiger partial charge in [0, 0.05) is 18.0 Å². The molecule has 11 atom stereocenters. The molecule has 36 heavy (non-hydrogen) atoms. The Labute approximate surface area is 212 Å². The van der Waals surface area contributed by atoms with E-state index in [1.165, 1.54) is 0 Å². The van der Waals surface area contributed by atoms with Crippen LogP contribution in [0.4, 0.5) is 0 Å². The Morgan fingerprint density at radius 1 is 1.28 bits per heavy atom. The number of likely N-dealkylation sites (N-methyl/N-ethyl adjacent to an activating group) is 1. The van der Waals surface area contributed by atoms with Gasteiger partial charge in [-0.1, -0.05) is 0 Å². The summed E-state index contributed by atoms with van der Waals surface area (Å²) < 4.78 is 18.0. The molecule has 1 amide bonds. The first-order valence-electron chi connectivity index (χ1n) is 12.7. The molecule has 0 aromatic rings. The molecule has 2 heterocycles. The van der Waals surface area contributed by atoms with Crippen molar-refractivity contribution >= 4 is 6.41 Å². The number of aliphatic hydroxyl groups excluding tert-OH is 2. The van der Waals surface area contributed by atoms with Crippen molar-refractivity contribution in [2.24, 2.45) is 23.1 Å². The summed E-state index contributed by atoms with van der Waals surface area (Å²) in [7, 11) is 1.62. The zero-order valence-corrected chi connectivity index (χ0v) is 21.1. The standard InChI is InChI=1S/C23H44N6O7/c1-23(33)10-34-22(18(32)21(23)27-2)36-20-15(29-11-30)8-13(26)16(17(20)31)19-14(28-7-3-6-24)5-4-12(9-25)35-19/h4,11,13-22,27-28,31-33H,3,5-10,24-26H2,1-2H3,(H,29,30). The molecule has 2 fully saturated rings. The highest BCUT2D eigenvalue weighted by atomic mass is 16.7. The van der Waals surface area contributed by atoms with Crippen LogP contribution in [0.25, 0.3) is 0 Å². The number of nitrogens with two attached hydrogens (primary N) is 3. The largest absolute Gasteiger partial charge is 0.492 e. The molecular formula is C23H44N6O7. The van der Waals surface area contributed by atoms with Gasteiger partial charge in [0.05, 0.1) is 31.3 Å². The van der Waals surface area contributed by atoms with Gasteiger partial charge < -0.3 is 62.7 Å². The van der Waals surface area contributed by atoms with Crippen molar-refractivity contribution in [3.05, 3.63) is 11.8 Å². The van der Waals surface area contributed by atoms with Crippen molar-refractivity contribution in [2.75, 3.05) is 33.3 Å². The lowest BCUT2D eigenvalue weighted by molar-refractivity contribution is -0.297. The quantitative estimate of drug-likeness (QED) is 0.0953. The Kier molecular flexibility index (Phi) is 10.5. The maximum absolute atomic E-state index is 11.6. The fourth-order valence-electron chi connectivity index (χ4n) is 5.64. The van der Waals surface area contributed by atoms with E-state index >= 15 is 0 Å². The summed E-state index contributed by atoms with van der Waals surface area (Å²) in [6.07, 6.45) is -0.844. The number of ether oxygens (including phenoxy) is 3. The van der Waals surface area contributed by atoms with Crippen LogP contribution >= 0.6 is 0 Å². The number of aliphatic hydroxyl groups is 3. The zero-order chi connectivity index (χ0) is 26.5. The van der Waals surface area contributed by atoms with Gasteiger partial charge in [-0.2, -0.15) is 0 Å².